The van der Waals surface area contributed by atoms with Crippen LogP contribution in [0.3, 0.4) is 0 Å². The van der Waals surface area contributed by atoms with E-state index in [-0.39, 0.29) is 7.43 Å². The minimum Gasteiger partial charge on any atom is -0.161 e. The van der Waals surface area contributed by atoms with Crippen molar-refractivity contribution in [3.05, 3.63) is 0 Å². The van der Waals surface area contributed by atoms with E-state index in [2.05, 4.69) is 0 Å². The van der Waals surface area contributed by atoms with E-state index in [1.807, 2.05) is 0 Å². The second-order valence-corrected chi connectivity index (χ2v) is 2.01. The first-order valence-electron chi connectivity index (χ1n) is 1.41. The molecule has 0 saturated heterocycles. The lowest BCUT2D eigenvalue weighted by atomic mass is 11.0. The summed E-state index contributed by atoms with van der Waals surface area (Å²) >= 11 is 0. The predicted molar refractivity (Wildman–Crippen MR) is 27.1 cm³/mol. The van der Waals surface area contributed by atoms with Crippen LogP contribution in [0, 0.1) is 0 Å². The Morgan fingerprint density at radius 3 is 2.00 bits per heavy atom. The molecule has 0 aromatic carbocycles. The zero-order chi connectivity index (χ0) is 4.28. The van der Waals surface area contributed by atoms with E-state index >= 15 is 0 Å². The zero-order valence-corrected chi connectivity index (χ0v) is 3.90. The Balaban J connectivity index is 0. The topological polar surface area (TPSA) is 37.3 Å². The average Bonchev–Trinajstić information content (AvgIpc) is 1.38. The van der Waals surface area contributed by atoms with E-state index < -0.39 is 8.03 Å². The van der Waals surface area contributed by atoms with Gasteiger partial charge >= 0.3 is 8.03 Å². The van der Waals surface area contributed by atoms with Crippen molar-refractivity contribution in [1.82, 2.24) is 0 Å². The molecule has 1 atom stereocenters. The maximum atomic E-state index is 9.52. The highest BCUT2D eigenvalue weighted by Crippen LogP contribution is 2.08. The number of hydrogen-bond donors (Lipinski definition) is 1. The Morgan fingerprint density at radius 1 is 1.83 bits per heavy atom. The van der Waals surface area contributed by atoms with Gasteiger partial charge < -0.3 is 0 Å². The molecule has 2 nitrogen and oxygen atoms in total. The summed E-state index contributed by atoms with van der Waals surface area (Å²) in [5, 5.41) is 0. The smallest absolute Gasteiger partial charge is 0.161 e. The summed E-state index contributed by atoms with van der Waals surface area (Å²) in [6.07, 6.45) is 0.370. The first-order valence-corrected chi connectivity index (χ1v) is 2.80. The lowest BCUT2D eigenvalue weighted by Crippen LogP contribution is -1.56. The molecule has 0 aromatic heterocycles. The summed E-state index contributed by atoms with van der Waals surface area (Å²) in [5.74, 6) is 0. The minimum absolute atomic E-state index is 0. The van der Waals surface area contributed by atoms with Gasteiger partial charge in [-0.1, -0.05) is 7.43 Å². The minimum atomic E-state index is -1.85. The van der Waals surface area contributed by atoms with E-state index in [1.165, 1.54) is 0 Å². The molecule has 0 saturated carbocycles. The maximum Gasteiger partial charge on any atom is 0.505 e. The van der Waals surface area contributed by atoms with Gasteiger partial charge in [0.05, 0.1) is 0 Å². The van der Waals surface area contributed by atoms with Gasteiger partial charge in [0.1, 0.15) is 0 Å². The van der Waals surface area contributed by atoms with Crippen molar-refractivity contribution in [2.24, 2.45) is 0 Å². The summed E-state index contributed by atoms with van der Waals surface area (Å²) in [7, 11) is -1.85. The van der Waals surface area contributed by atoms with E-state index in [9.17, 15) is 4.57 Å². The third-order valence-corrected chi connectivity index (χ3v) is 0.812. The van der Waals surface area contributed by atoms with Crippen LogP contribution < -0.4 is 0 Å². The van der Waals surface area contributed by atoms with Crippen molar-refractivity contribution < 1.29 is 9.46 Å². The first-order chi connectivity index (χ1) is 2.27. The molecule has 0 aromatic rings. The summed E-state index contributed by atoms with van der Waals surface area (Å²) in [6, 6.07) is 0. The van der Waals surface area contributed by atoms with Crippen LogP contribution >= 0.6 is 8.03 Å². The monoisotopic (exact) mass is 109 g/mol. The second-order valence-electron chi connectivity index (χ2n) is 0.668. The number of rotatable bonds is 1. The molecule has 0 bridgehead atoms. The molecule has 0 heterocycles. The molecule has 1 N–H and O–H groups in total. The first kappa shape index (κ1) is 9.41. The molecule has 6 heavy (non-hydrogen) atoms. The molecular weight excluding hydrogens is 99.0 g/mol. The van der Waals surface area contributed by atoms with E-state index in [0.29, 0.717) is 6.16 Å². The molecule has 0 spiro atoms. The lowest BCUT2D eigenvalue weighted by Gasteiger charge is -1.53. The van der Waals surface area contributed by atoms with Crippen molar-refractivity contribution in [2.45, 2.75) is 14.4 Å². The van der Waals surface area contributed by atoms with E-state index in [1.54, 1.807) is 6.92 Å². The molecule has 3 heteroatoms. The highest BCUT2D eigenvalue weighted by Gasteiger charge is 1.98. The van der Waals surface area contributed by atoms with Crippen LogP contribution in [0.4, 0.5) is 0 Å². The van der Waals surface area contributed by atoms with Gasteiger partial charge in [0.2, 0.25) is 0 Å². The largest absolute Gasteiger partial charge is 0.505 e. The Hall–Kier alpha value is 0.0600. The van der Waals surface area contributed by atoms with Gasteiger partial charge in [-0.25, -0.2) is 0 Å². The molecule has 38 valence electrons. The van der Waals surface area contributed by atoms with E-state index in [4.69, 9.17) is 4.89 Å². The number of hydrogen-bond acceptors (Lipinski definition) is 1. The van der Waals surface area contributed by atoms with Crippen LogP contribution in [-0.2, 0) is 4.57 Å². The third-order valence-electron chi connectivity index (χ3n) is 0.271. The molecule has 0 aliphatic heterocycles. The lowest BCUT2D eigenvalue weighted by molar-refractivity contribution is 0.504. The fraction of sp³-hybridized carbons (Fsp3) is 1.00. The van der Waals surface area contributed by atoms with Gasteiger partial charge in [0.25, 0.3) is 0 Å². The molecule has 0 rings (SSSR count). The Morgan fingerprint density at radius 2 is 2.00 bits per heavy atom. The van der Waals surface area contributed by atoms with Gasteiger partial charge in [-0.15, -0.1) is 0 Å². The quantitative estimate of drug-likeness (QED) is 0.516. The zero-order valence-electron chi connectivity index (χ0n) is 3.01. The normalized spacial score (nSPS) is 9.33. The van der Waals surface area contributed by atoms with Crippen molar-refractivity contribution in [3.8, 4) is 0 Å². The summed E-state index contributed by atoms with van der Waals surface area (Å²) in [6.45, 7) is 1.67. The highest BCUT2D eigenvalue weighted by molar-refractivity contribution is 7.37. The fourth-order valence-corrected chi connectivity index (χ4v) is 0. The van der Waals surface area contributed by atoms with Crippen molar-refractivity contribution in [3.63, 3.8) is 0 Å². The molecule has 0 fully saturated rings. The molecule has 0 aliphatic carbocycles. The Bertz CT molecular complexity index is 44.1. The van der Waals surface area contributed by atoms with Crippen LogP contribution in [0.15, 0.2) is 0 Å². The molecule has 0 amide bonds. The van der Waals surface area contributed by atoms with Crippen LogP contribution in [0.1, 0.15) is 14.4 Å². The summed E-state index contributed by atoms with van der Waals surface area (Å²) in [4.78, 5) is 7.87. The molecule has 1 unspecified atom stereocenters. The van der Waals surface area contributed by atoms with Crippen molar-refractivity contribution in [1.29, 1.82) is 0 Å². The van der Waals surface area contributed by atoms with Gasteiger partial charge in [-0.05, 0) is 11.5 Å². The van der Waals surface area contributed by atoms with Crippen LogP contribution in [0.5, 0.6) is 0 Å². The summed E-state index contributed by atoms with van der Waals surface area (Å²) in [5.41, 5.74) is 0. The summed E-state index contributed by atoms with van der Waals surface area (Å²) < 4.78 is 9.52. The SMILES string of the molecule is C.CC[P+](=O)O. The van der Waals surface area contributed by atoms with E-state index in [0.717, 1.165) is 0 Å². The molecular formula is C3H10O2P+. The second kappa shape index (κ2) is 5.06. The fourth-order valence-electron chi connectivity index (χ4n) is 0. The molecule has 0 aliphatic rings. The Kier molecular flexibility index (Phi) is 7.94. The molecule has 0 radical (unpaired) electrons. The Labute approximate surface area is 39.1 Å². The average molecular weight is 109 g/mol. The standard InChI is InChI=1S/C2H5O2P.CH4/c1-2-5(3)4;/h2H2,1H3;1H4/p+1. The van der Waals surface area contributed by atoms with Crippen LogP contribution in [0.2, 0.25) is 0 Å². The maximum absolute atomic E-state index is 9.52. The highest BCUT2D eigenvalue weighted by atomic mass is 31.1. The van der Waals surface area contributed by atoms with Crippen LogP contribution in [0.25, 0.3) is 0 Å². The van der Waals surface area contributed by atoms with Gasteiger partial charge in [0, 0.05) is 0 Å². The van der Waals surface area contributed by atoms with Crippen LogP contribution in [-0.4, -0.2) is 11.1 Å². The van der Waals surface area contributed by atoms with Crippen molar-refractivity contribution in [2.75, 3.05) is 6.16 Å². The van der Waals surface area contributed by atoms with Gasteiger partial charge in [-0.2, -0.15) is 4.89 Å². The predicted octanol–water partition coefficient (Wildman–Crippen LogP) is 1.38. The van der Waals surface area contributed by atoms with Gasteiger partial charge in [-0.3, -0.25) is 0 Å². The van der Waals surface area contributed by atoms with Gasteiger partial charge in [0.15, 0.2) is 6.16 Å². The third kappa shape index (κ3) is 8.96. The van der Waals surface area contributed by atoms with Crippen molar-refractivity contribution >= 4 is 8.03 Å².